The minimum atomic E-state index is -3.64. The van der Waals surface area contributed by atoms with Crippen molar-refractivity contribution >= 4 is 16.0 Å². The van der Waals surface area contributed by atoms with E-state index in [0.29, 0.717) is 19.5 Å². The van der Waals surface area contributed by atoms with Gasteiger partial charge in [0.15, 0.2) is 0 Å². The molecule has 0 saturated heterocycles. The minimum Gasteiger partial charge on any atom is -0.477 e. The zero-order valence-electron chi connectivity index (χ0n) is 11.3. The van der Waals surface area contributed by atoms with E-state index in [2.05, 4.69) is 10.0 Å². The molecule has 20 heavy (non-hydrogen) atoms. The molecule has 2 rings (SSSR count). The number of aromatic nitrogens is 1. The summed E-state index contributed by atoms with van der Waals surface area (Å²) in [6.45, 7) is 1.03. The number of nitrogens with zero attached hydrogens (tertiary/aromatic N) is 1. The molecule has 1 fully saturated rings. The Morgan fingerprint density at radius 2 is 2.15 bits per heavy atom. The lowest BCUT2D eigenvalue weighted by Crippen LogP contribution is -2.26. The first-order valence-corrected chi connectivity index (χ1v) is 8.03. The number of hydrogen-bond donors (Lipinski definition) is 3. The number of hydrogen-bond acceptors (Lipinski definition) is 4. The predicted octanol–water partition coefficient (Wildman–Crippen LogP) is 0.409. The third kappa shape index (κ3) is 3.38. The maximum atomic E-state index is 12.1. The van der Waals surface area contributed by atoms with Crippen molar-refractivity contribution in [1.82, 2.24) is 14.6 Å². The molecule has 0 atom stereocenters. The van der Waals surface area contributed by atoms with Crippen LogP contribution in [0.3, 0.4) is 0 Å². The highest BCUT2D eigenvalue weighted by atomic mass is 32.2. The molecule has 0 aliphatic heterocycles. The molecule has 1 aliphatic carbocycles. The number of carboxylic acid groups (broad SMARTS) is 1. The molecule has 0 aromatic carbocycles. The molecule has 1 heterocycles. The molecule has 7 nitrogen and oxygen atoms in total. The molecule has 3 N–H and O–H groups in total. The van der Waals surface area contributed by atoms with Gasteiger partial charge in [0.05, 0.1) is 0 Å². The van der Waals surface area contributed by atoms with Crippen molar-refractivity contribution in [2.75, 3.05) is 20.1 Å². The van der Waals surface area contributed by atoms with Gasteiger partial charge in [-0.15, -0.1) is 0 Å². The van der Waals surface area contributed by atoms with Crippen molar-refractivity contribution in [2.24, 2.45) is 0 Å². The van der Waals surface area contributed by atoms with Crippen molar-refractivity contribution < 1.29 is 18.3 Å². The van der Waals surface area contributed by atoms with Crippen LogP contribution in [0.2, 0.25) is 0 Å². The van der Waals surface area contributed by atoms with E-state index < -0.39 is 16.0 Å². The minimum absolute atomic E-state index is 0.0197. The first-order chi connectivity index (χ1) is 9.45. The third-order valence-corrected chi connectivity index (χ3v) is 4.62. The Hall–Kier alpha value is -1.38. The van der Waals surface area contributed by atoms with Gasteiger partial charge in [-0.3, -0.25) is 0 Å². The van der Waals surface area contributed by atoms with Crippen molar-refractivity contribution in [1.29, 1.82) is 0 Å². The molecule has 0 bridgehead atoms. The van der Waals surface area contributed by atoms with Crippen LogP contribution in [0.15, 0.2) is 17.2 Å². The summed E-state index contributed by atoms with van der Waals surface area (Å²) in [6.07, 6.45) is 3.88. The van der Waals surface area contributed by atoms with E-state index in [4.69, 9.17) is 5.11 Å². The monoisotopic (exact) mass is 301 g/mol. The van der Waals surface area contributed by atoms with Gasteiger partial charge in [-0.25, -0.2) is 17.9 Å². The number of aromatic carboxylic acids is 1. The van der Waals surface area contributed by atoms with E-state index in [9.17, 15) is 13.2 Å². The standard InChI is InChI=1S/C12H19N3O4S/c1-13-5-2-6-14-20(18,19)10-7-11(12(16)17)15(8-10)9-3-4-9/h7-9,13-14H,2-6H2,1H3,(H,16,17). The normalized spacial score (nSPS) is 15.4. The summed E-state index contributed by atoms with van der Waals surface area (Å²) >= 11 is 0. The van der Waals surface area contributed by atoms with Crippen molar-refractivity contribution in [3.05, 3.63) is 18.0 Å². The van der Waals surface area contributed by atoms with Crippen LogP contribution in [0.1, 0.15) is 35.8 Å². The molecule has 8 heteroatoms. The van der Waals surface area contributed by atoms with Crippen LogP contribution in [0.5, 0.6) is 0 Å². The van der Waals surface area contributed by atoms with Crippen LogP contribution >= 0.6 is 0 Å². The Labute approximate surface area is 118 Å². The van der Waals surface area contributed by atoms with E-state index in [1.807, 2.05) is 0 Å². The Kier molecular flexibility index (Phi) is 4.46. The molecule has 1 aliphatic rings. The smallest absolute Gasteiger partial charge is 0.352 e. The number of sulfonamides is 1. The van der Waals surface area contributed by atoms with Crippen molar-refractivity contribution in [2.45, 2.75) is 30.2 Å². The fourth-order valence-corrected chi connectivity index (χ4v) is 3.08. The Morgan fingerprint density at radius 3 is 2.70 bits per heavy atom. The zero-order valence-corrected chi connectivity index (χ0v) is 12.1. The van der Waals surface area contributed by atoms with E-state index in [0.717, 1.165) is 12.8 Å². The molecular formula is C12H19N3O4S. The maximum absolute atomic E-state index is 12.1. The van der Waals surface area contributed by atoms with Gasteiger partial charge in [0.1, 0.15) is 10.6 Å². The number of carboxylic acids is 1. The Balaban J connectivity index is 2.15. The SMILES string of the molecule is CNCCCNS(=O)(=O)c1cc(C(=O)O)n(C2CC2)c1. The fraction of sp³-hybridized carbons (Fsp3) is 0.583. The molecule has 0 spiro atoms. The lowest BCUT2D eigenvalue weighted by atomic mass is 10.4. The van der Waals surface area contributed by atoms with Gasteiger partial charge in [0.2, 0.25) is 10.0 Å². The van der Waals surface area contributed by atoms with Crippen LogP contribution in [-0.2, 0) is 10.0 Å². The quantitative estimate of drug-likeness (QED) is 0.604. The van der Waals surface area contributed by atoms with Gasteiger partial charge in [-0.05, 0) is 38.9 Å². The Bertz CT molecular complexity index is 590. The van der Waals surface area contributed by atoms with Gasteiger partial charge < -0.3 is 15.0 Å². The maximum Gasteiger partial charge on any atom is 0.352 e. The second kappa shape index (κ2) is 5.94. The summed E-state index contributed by atoms with van der Waals surface area (Å²) in [6, 6.07) is 1.34. The van der Waals surface area contributed by atoms with Gasteiger partial charge in [0.25, 0.3) is 0 Å². The van der Waals surface area contributed by atoms with Crippen LogP contribution in [0.25, 0.3) is 0 Å². The summed E-state index contributed by atoms with van der Waals surface area (Å²) in [5, 5.41) is 12.1. The fourth-order valence-electron chi connectivity index (χ4n) is 1.98. The number of rotatable bonds is 8. The molecule has 112 valence electrons. The highest BCUT2D eigenvalue weighted by molar-refractivity contribution is 7.89. The highest BCUT2D eigenvalue weighted by Gasteiger charge is 2.30. The lowest BCUT2D eigenvalue weighted by Gasteiger charge is -2.04. The summed E-state index contributed by atoms with van der Waals surface area (Å²) in [7, 11) is -1.85. The second-order valence-electron chi connectivity index (χ2n) is 4.86. The van der Waals surface area contributed by atoms with E-state index in [1.165, 1.54) is 12.3 Å². The van der Waals surface area contributed by atoms with Crippen LogP contribution in [0, 0.1) is 0 Å². The topological polar surface area (TPSA) is 100 Å². The van der Waals surface area contributed by atoms with E-state index in [-0.39, 0.29) is 16.6 Å². The summed E-state index contributed by atoms with van der Waals surface area (Å²) in [5.41, 5.74) is 0.0306. The van der Waals surface area contributed by atoms with Gasteiger partial charge >= 0.3 is 5.97 Å². The van der Waals surface area contributed by atoms with E-state index in [1.54, 1.807) is 11.6 Å². The van der Waals surface area contributed by atoms with Gasteiger partial charge in [-0.1, -0.05) is 0 Å². The van der Waals surface area contributed by atoms with Crippen molar-refractivity contribution in [3.8, 4) is 0 Å². The largest absolute Gasteiger partial charge is 0.477 e. The van der Waals surface area contributed by atoms with Crippen LogP contribution in [-0.4, -0.2) is 44.2 Å². The molecule has 0 unspecified atom stereocenters. The van der Waals surface area contributed by atoms with Crippen LogP contribution < -0.4 is 10.0 Å². The van der Waals surface area contributed by atoms with E-state index >= 15 is 0 Å². The first-order valence-electron chi connectivity index (χ1n) is 6.55. The number of carbonyl (C=O) groups is 1. The first kappa shape index (κ1) is 15.0. The van der Waals surface area contributed by atoms with Crippen LogP contribution in [0.4, 0.5) is 0 Å². The average molecular weight is 301 g/mol. The summed E-state index contributed by atoms with van der Waals surface area (Å²) < 4.78 is 28.2. The molecular weight excluding hydrogens is 282 g/mol. The number of nitrogens with one attached hydrogen (secondary N) is 2. The predicted molar refractivity (Wildman–Crippen MR) is 73.4 cm³/mol. The molecule has 0 radical (unpaired) electrons. The second-order valence-corrected chi connectivity index (χ2v) is 6.63. The molecule has 0 amide bonds. The summed E-state index contributed by atoms with van der Waals surface area (Å²) in [5.74, 6) is -1.10. The third-order valence-electron chi connectivity index (χ3n) is 3.19. The Morgan fingerprint density at radius 1 is 1.45 bits per heavy atom. The molecule has 1 saturated carbocycles. The van der Waals surface area contributed by atoms with Gasteiger partial charge in [-0.2, -0.15) is 0 Å². The highest BCUT2D eigenvalue weighted by Crippen LogP contribution is 2.37. The molecule has 1 aromatic rings. The average Bonchev–Trinajstić information content (AvgIpc) is 3.12. The summed E-state index contributed by atoms with van der Waals surface area (Å²) in [4.78, 5) is 11.2. The zero-order chi connectivity index (χ0) is 14.8. The van der Waals surface area contributed by atoms with Gasteiger partial charge in [0, 0.05) is 18.8 Å². The van der Waals surface area contributed by atoms with Crippen molar-refractivity contribution in [3.63, 3.8) is 0 Å². The lowest BCUT2D eigenvalue weighted by molar-refractivity contribution is 0.0685. The molecule has 1 aromatic heterocycles.